The fourth-order valence-electron chi connectivity index (χ4n) is 4.79. The van der Waals surface area contributed by atoms with E-state index in [2.05, 4.69) is 30.4 Å². The van der Waals surface area contributed by atoms with Gasteiger partial charge in [-0.1, -0.05) is 54.7 Å². The van der Waals surface area contributed by atoms with Crippen molar-refractivity contribution in [3.8, 4) is 11.3 Å². The highest BCUT2D eigenvalue weighted by atomic mass is 35.5. The van der Waals surface area contributed by atoms with Crippen LogP contribution in [0.15, 0.2) is 36.1 Å². The van der Waals surface area contributed by atoms with Gasteiger partial charge in [-0.2, -0.15) is 0 Å². The molecule has 3 aromatic rings. The summed E-state index contributed by atoms with van der Waals surface area (Å²) in [4.78, 5) is 30.2. The van der Waals surface area contributed by atoms with Gasteiger partial charge in [-0.15, -0.1) is 11.3 Å². The van der Waals surface area contributed by atoms with Crippen molar-refractivity contribution in [2.24, 2.45) is 0 Å². The highest BCUT2D eigenvalue weighted by molar-refractivity contribution is 7.16. The van der Waals surface area contributed by atoms with Crippen LogP contribution in [-0.2, 0) is 33.5 Å². The summed E-state index contributed by atoms with van der Waals surface area (Å²) in [5.41, 5.74) is 5.15. The Kier molecular flexibility index (Phi) is 9.67. The third kappa shape index (κ3) is 6.64. The molecular formula is C29H30Cl2N2O5S. The third-order valence-corrected chi connectivity index (χ3v) is 8.43. The summed E-state index contributed by atoms with van der Waals surface area (Å²) in [5.74, 6) is -2.00. The van der Waals surface area contributed by atoms with Gasteiger partial charge in [0.25, 0.3) is 5.91 Å². The highest BCUT2D eigenvalue weighted by Crippen LogP contribution is 2.40. The lowest BCUT2D eigenvalue weighted by Gasteiger charge is -2.20. The topological polar surface area (TPSA) is 97.8 Å². The first-order valence-electron chi connectivity index (χ1n) is 12.7. The monoisotopic (exact) mass is 588 g/mol. The second kappa shape index (κ2) is 13.0. The molecule has 206 valence electrons. The van der Waals surface area contributed by atoms with Gasteiger partial charge in [0.15, 0.2) is 5.13 Å². The summed E-state index contributed by atoms with van der Waals surface area (Å²) in [6, 6.07) is 9.23. The number of carbonyl (C=O) groups excluding carboxylic acids is 1. The number of hydrogen-bond donors (Lipinski definition) is 2. The molecule has 0 bridgehead atoms. The second-order valence-electron chi connectivity index (χ2n) is 9.24. The van der Waals surface area contributed by atoms with Crippen LogP contribution < -0.4 is 5.32 Å². The lowest BCUT2D eigenvalue weighted by Crippen LogP contribution is -2.13. The Morgan fingerprint density at radius 3 is 2.56 bits per heavy atom. The van der Waals surface area contributed by atoms with Crippen LogP contribution in [0.5, 0.6) is 0 Å². The van der Waals surface area contributed by atoms with Crippen LogP contribution in [0.1, 0.15) is 58.1 Å². The molecule has 0 radical (unpaired) electrons. The number of thiazole rings is 1. The minimum absolute atomic E-state index is 0.123. The predicted molar refractivity (Wildman–Crippen MR) is 156 cm³/mol. The first-order chi connectivity index (χ1) is 18.7. The summed E-state index contributed by atoms with van der Waals surface area (Å²) in [6.07, 6.45) is 7.36. The predicted octanol–water partition coefficient (Wildman–Crippen LogP) is 7.29. The molecule has 1 amide bonds. The Balaban J connectivity index is 1.54. The van der Waals surface area contributed by atoms with Crippen LogP contribution in [0.2, 0.25) is 10.0 Å². The number of nitrogens with zero attached hydrogens (tertiary/aromatic N) is 1. The largest absolute Gasteiger partial charge is 0.490 e. The summed E-state index contributed by atoms with van der Waals surface area (Å²) in [5, 5.41) is 12.8. The van der Waals surface area contributed by atoms with Gasteiger partial charge >= 0.3 is 5.97 Å². The number of aromatic nitrogens is 1. The van der Waals surface area contributed by atoms with Gasteiger partial charge in [0.1, 0.15) is 0 Å². The molecule has 0 fully saturated rings. The van der Waals surface area contributed by atoms with Gasteiger partial charge in [0.2, 0.25) is 5.76 Å². The van der Waals surface area contributed by atoms with Crippen LogP contribution in [0, 0.1) is 0 Å². The molecule has 1 unspecified atom stereocenters. The molecule has 1 heterocycles. The number of fused-ring (bicyclic) bond motifs is 3. The number of aliphatic carboxylic acids is 1. The van der Waals surface area contributed by atoms with Crippen LogP contribution in [0.3, 0.4) is 0 Å². The molecule has 4 rings (SSSR count). The third-order valence-electron chi connectivity index (χ3n) is 6.78. The molecule has 0 spiro atoms. The molecule has 1 aromatic heterocycles. The Morgan fingerprint density at radius 1 is 1.18 bits per heavy atom. The maximum absolute atomic E-state index is 13.1. The fourth-order valence-corrected chi connectivity index (χ4v) is 6.36. The molecular weight excluding hydrogens is 559 g/mol. The molecule has 0 saturated heterocycles. The summed E-state index contributed by atoms with van der Waals surface area (Å²) < 4.78 is 10.5. The molecule has 2 aromatic carbocycles. The zero-order valence-corrected chi connectivity index (χ0v) is 24.3. The number of carboxylic acids is 1. The van der Waals surface area contributed by atoms with E-state index in [9.17, 15) is 14.7 Å². The summed E-state index contributed by atoms with van der Waals surface area (Å²) in [6.45, 7) is 2.17. The number of benzene rings is 2. The van der Waals surface area contributed by atoms with Crippen LogP contribution >= 0.6 is 34.5 Å². The Morgan fingerprint density at radius 2 is 1.92 bits per heavy atom. The van der Waals surface area contributed by atoms with Gasteiger partial charge in [0.05, 0.1) is 29.0 Å². The molecule has 1 aliphatic carbocycles. The Bertz CT molecular complexity index is 1400. The number of rotatable bonds is 11. The van der Waals surface area contributed by atoms with E-state index in [1.807, 2.05) is 0 Å². The van der Waals surface area contributed by atoms with E-state index in [0.717, 1.165) is 54.7 Å². The van der Waals surface area contributed by atoms with Gasteiger partial charge in [-0.3, -0.25) is 10.1 Å². The molecule has 10 heteroatoms. The van der Waals surface area contributed by atoms with Gasteiger partial charge in [-0.05, 0) is 61.4 Å². The minimum atomic E-state index is -1.26. The van der Waals surface area contributed by atoms with Crippen LogP contribution in [-0.4, -0.2) is 42.3 Å². The van der Waals surface area contributed by atoms with Crippen molar-refractivity contribution in [2.75, 3.05) is 19.5 Å². The molecule has 1 atom stereocenters. The molecule has 7 nitrogen and oxygen atoms in total. The fraction of sp³-hybridized carbons (Fsp3) is 0.345. The number of hydrogen-bond acceptors (Lipinski definition) is 6. The average Bonchev–Trinajstić information content (AvgIpc) is 3.33. The molecule has 39 heavy (non-hydrogen) atoms. The molecule has 0 saturated carbocycles. The van der Waals surface area contributed by atoms with Crippen LogP contribution in [0.4, 0.5) is 5.13 Å². The standard InChI is InChI=1S/C29H30Cl2N2O5S/c1-4-6-18(37-2)10-9-16-7-5-8-20-19(16)11-12-25-26(20)32-29(39-25)33-27(34)17-13-22(30)21(23(31)14-17)15-24(38-3)28(35)36/h5,7-8,13-15,18H,4,6,9-12H2,1-3H3,(H,35,36)(H,32,33,34). The molecule has 1 aliphatic rings. The van der Waals surface area contributed by atoms with E-state index in [1.165, 1.54) is 47.8 Å². The number of aryl methyl sites for hydroxylation is 2. The smallest absolute Gasteiger partial charge is 0.371 e. The van der Waals surface area contributed by atoms with Crippen molar-refractivity contribution < 1.29 is 24.2 Å². The molecule has 2 N–H and O–H groups in total. The number of amides is 1. The molecule has 0 aliphatic heterocycles. The normalized spacial score (nSPS) is 13.4. The van der Waals surface area contributed by atoms with Crippen molar-refractivity contribution >= 4 is 57.6 Å². The van der Waals surface area contributed by atoms with Crippen molar-refractivity contribution in [3.63, 3.8) is 0 Å². The first-order valence-corrected chi connectivity index (χ1v) is 14.3. The van der Waals surface area contributed by atoms with E-state index in [0.29, 0.717) is 5.13 Å². The van der Waals surface area contributed by atoms with Gasteiger partial charge in [0, 0.05) is 28.7 Å². The van der Waals surface area contributed by atoms with Crippen LogP contribution in [0.25, 0.3) is 17.3 Å². The number of carbonyl (C=O) groups is 2. The average molecular weight is 590 g/mol. The Hall–Kier alpha value is -2.91. The Labute approximate surface area is 241 Å². The van der Waals surface area contributed by atoms with E-state index in [1.54, 1.807) is 7.11 Å². The summed E-state index contributed by atoms with van der Waals surface area (Å²) >= 11 is 14.1. The number of anilines is 1. The highest BCUT2D eigenvalue weighted by Gasteiger charge is 2.24. The zero-order chi connectivity index (χ0) is 28.1. The number of nitrogens with one attached hydrogen (secondary N) is 1. The maximum atomic E-state index is 13.1. The quantitative estimate of drug-likeness (QED) is 0.180. The summed E-state index contributed by atoms with van der Waals surface area (Å²) in [7, 11) is 3.02. The van der Waals surface area contributed by atoms with E-state index < -0.39 is 11.9 Å². The lowest BCUT2D eigenvalue weighted by molar-refractivity contribution is -0.135. The van der Waals surface area contributed by atoms with E-state index in [4.69, 9.17) is 37.7 Å². The van der Waals surface area contributed by atoms with Gasteiger partial charge < -0.3 is 14.6 Å². The lowest BCUT2D eigenvalue weighted by atomic mass is 9.87. The van der Waals surface area contributed by atoms with Gasteiger partial charge in [-0.25, -0.2) is 9.78 Å². The van der Waals surface area contributed by atoms with Crippen molar-refractivity contribution in [1.29, 1.82) is 0 Å². The minimum Gasteiger partial charge on any atom is -0.490 e. The zero-order valence-electron chi connectivity index (χ0n) is 22.0. The first kappa shape index (κ1) is 29.1. The number of carboxylic acid groups (broad SMARTS) is 1. The number of halogens is 2. The van der Waals surface area contributed by atoms with Crippen molar-refractivity contribution in [1.82, 2.24) is 4.98 Å². The van der Waals surface area contributed by atoms with E-state index >= 15 is 0 Å². The SMILES string of the molecule is CCCC(CCc1cccc2c1CCc1sc(NC(=O)c3cc(Cl)c(C=C(OC)C(=O)O)c(Cl)c3)nc1-2)OC. The van der Waals surface area contributed by atoms with Crippen molar-refractivity contribution in [3.05, 3.63) is 73.3 Å². The van der Waals surface area contributed by atoms with E-state index in [-0.39, 0.29) is 33.0 Å². The number of methoxy groups -OCH3 is 2. The number of ether oxygens (including phenoxy) is 2. The maximum Gasteiger partial charge on any atom is 0.371 e. The van der Waals surface area contributed by atoms with Crippen molar-refractivity contribution in [2.45, 2.75) is 51.6 Å². The second-order valence-corrected chi connectivity index (χ2v) is 11.1.